The molecule has 1 unspecified atom stereocenters. The molecule has 0 aliphatic carbocycles. The Morgan fingerprint density at radius 3 is 2.77 bits per heavy atom. The maximum atomic E-state index is 12.2. The number of hydrogen-bond acceptors (Lipinski definition) is 6. The number of nitrogens with one attached hydrogen (secondary N) is 1. The molecule has 0 aliphatic rings. The van der Waals surface area contributed by atoms with Crippen LogP contribution in [-0.2, 0) is 4.79 Å². The molecule has 0 aromatic carbocycles. The maximum Gasteiger partial charge on any atom is 0.277 e. The summed E-state index contributed by atoms with van der Waals surface area (Å²) in [6.45, 7) is 9.67. The summed E-state index contributed by atoms with van der Waals surface area (Å²) in [4.78, 5) is 12.2. The smallest absolute Gasteiger partial charge is 0.277 e. The van der Waals surface area contributed by atoms with Gasteiger partial charge in [-0.05, 0) is 40.2 Å². The first-order chi connectivity index (χ1) is 10.3. The summed E-state index contributed by atoms with van der Waals surface area (Å²) in [5.74, 6) is 1.07. The number of thioether (sulfide) groups is 1. The zero-order valence-electron chi connectivity index (χ0n) is 13.5. The molecule has 2 rings (SSSR count). The van der Waals surface area contributed by atoms with Gasteiger partial charge in [-0.25, -0.2) is 0 Å². The molecule has 0 bridgehead atoms. The summed E-state index contributed by atoms with van der Waals surface area (Å²) in [6.07, 6.45) is 2.44. The lowest BCUT2D eigenvalue weighted by molar-refractivity contribution is -0.121. The Hall–Kier alpha value is -1.76. The monoisotopic (exact) mass is 323 g/mol. The van der Waals surface area contributed by atoms with Gasteiger partial charge in [-0.2, -0.15) is 0 Å². The average Bonchev–Trinajstić information content (AvgIpc) is 3.07. The third kappa shape index (κ3) is 3.91. The quantitative estimate of drug-likeness (QED) is 0.820. The van der Waals surface area contributed by atoms with E-state index in [0.29, 0.717) is 11.1 Å². The van der Waals surface area contributed by atoms with Crippen molar-refractivity contribution in [3.05, 3.63) is 18.1 Å². The lowest BCUT2D eigenvalue weighted by Crippen LogP contribution is -2.46. The highest BCUT2D eigenvalue weighted by atomic mass is 32.2. The SMILES string of the molecule is CCC(C)(C)NC(=O)C(C)Sc1nnc(-c2ccoc2C)o1. The number of nitrogens with zero attached hydrogens (tertiary/aromatic N) is 2. The number of amides is 1. The minimum absolute atomic E-state index is 0.0453. The minimum atomic E-state index is -0.315. The molecule has 2 heterocycles. The van der Waals surface area contributed by atoms with E-state index >= 15 is 0 Å². The number of carbonyl (C=O) groups excluding carboxylic acids is 1. The van der Waals surface area contributed by atoms with Gasteiger partial charge >= 0.3 is 0 Å². The van der Waals surface area contributed by atoms with Gasteiger partial charge in [-0.3, -0.25) is 4.79 Å². The Bertz CT molecular complexity index is 648. The van der Waals surface area contributed by atoms with Crippen LogP contribution in [0, 0.1) is 6.92 Å². The van der Waals surface area contributed by atoms with E-state index in [1.54, 1.807) is 12.3 Å². The maximum absolute atomic E-state index is 12.2. The van der Waals surface area contributed by atoms with Crippen LogP contribution in [0.15, 0.2) is 26.4 Å². The lowest BCUT2D eigenvalue weighted by atomic mass is 10.0. The Morgan fingerprint density at radius 1 is 1.45 bits per heavy atom. The van der Waals surface area contributed by atoms with Crippen molar-refractivity contribution in [3.63, 3.8) is 0 Å². The molecule has 22 heavy (non-hydrogen) atoms. The first kappa shape index (κ1) is 16.6. The van der Waals surface area contributed by atoms with E-state index in [0.717, 1.165) is 17.7 Å². The predicted molar refractivity (Wildman–Crippen MR) is 84.6 cm³/mol. The summed E-state index contributed by atoms with van der Waals surface area (Å²) < 4.78 is 10.8. The van der Waals surface area contributed by atoms with E-state index in [-0.39, 0.29) is 16.7 Å². The molecular formula is C15H21N3O3S. The molecule has 0 saturated carbocycles. The van der Waals surface area contributed by atoms with Crippen molar-refractivity contribution in [1.82, 2.24) is 15.5 Å². The van der Waals surface area contributed by atoms with Crippen molar-refractivity contribution in [1.29, 1.82) is 0 Å². The van der Waals surface area contributed by atoms with Gasteiger partial charge in [0, 0.05) is 5.54 Å². The van der Waals surface area contributed by atoms with E-state index in [1.807, 2.05) is 34.6 Å². The number of rotatable bonds is 6. The van der Waals surface area contributed by atoms with Crippen LogP contribution in [0.4, 0.5) is 0 Å². The predicted octanol–water partition coefficient (Wildman–Crippen LogP) is 3.42. The number of hydrogen-bond donors (Lipinski definition) is 1. The van der Waals surface area contributed by atoms with E-state index < -0.39 is 0 Å². The van der Waals surface area contributed by atoms with Crippen molar-refractivity contribution in [2.75, 3.05) is 0 Å². The summed E-state index contributed by atoms with van der Waals surface area (Å²) in [5, 5.41) is 11.0. The number of carbonyl (C=O) groups is 1. The van der Waals surface area contributed by atoms with Gasteiger partial charge in [0.15, 0.2) is 0 Å². The second-order valence-electron chi connectivity index (χ2n) is 5.75. The van der Waals surface area contributed by atoms with Gasteiger partial charge in [0.05, 0.1) is 17.1 Å². The van der Waals surface area contributed by atoms with E-state index in [4.69, 9.17) is 8.83 Å². The van der Waals surface area contributed by atoms with Crippen molar-refractivity contribution in [2.24, 2.45) is 0 Å². The van der Waals surface area contributed by atoms with Crippen molar-refractivity contribution in [2.45, 2.75) is 57.1 Å². The molecule has 2 aromatic heterocycles. The average molecular weight is 323 g/mol. The molecule has 0 fully saturated rings. The van der Waals surface area contributed by atoms with Crippen molar-refractivity contribution >= 4 is 17.7 Å². The number of furan rings is 1. The molecule has 1 atom stereocenters. The fraction of sp³-hybridized carbons (Fsp3) is 0.533. The number of aromatic nitrogens is 2. The van der Waals surface area contributed by atoms with Crippen LogP contribution in [0.3, 0.4) is 0 Å². The summed E-state index contributed by atoms with van der Waals surface area (Å²) >= 11 is 1.24. The van der Waals surface area contributed by atoms with Crippen LogP contribution in [0.2, 0.25) is 0 Å². The highest BCUT2D eigenvalue weighted by Gasteiger charge is 2.24. The molecule has 0 spiro atoms. The van der Waals surface area contributed by atoms with E-state index in [2.05, 4.69) is 15.5 Å². The molecule has 120 valence electrons. The highest BCUT2D eigenvalue weighted by Crippen LogP contribution is 2.28. The molecule has 1 N–H and O–H groups in total. The lowest BCUT2D eigenvalue weighted by Gasteiger charge is -2.25. The topological polar surface area (TPSA) is 81.2 Å². The fourth-order valence-corrected chi connectivity index (χ4v) is 2.38. The summed E-state index contributed by atoms with van der Waals surface area (Å²) in [6, 6.07) is 1.77. The van der Waals surface area contributed by atoms with Gasteiger partial charge in [0.2, 0.25) is 5.91 Å². The zero-order chi connectivity index (χ0) is 16.3. The van der Waals surface area contributed by atoms with E-state index in [1.165, 1.54) is 11.8 Å². The van der Waals surface area contributed by atoms with Gasteiger partial charge in [-0.15, -0.1) is 10.2 Å². The highest BCUT2D eigenvalue weighted by molar-refractivity contribution is 8.00. The van der Waals surface area contributed by atoms with Crippen molar-refractivity contribution in [3.8, 4) is 11.5 Å². The van der Waals surface area contributed by atoms with Crippen LogP contribution >= 0.6 is 11.8 Å². The largest absolute Gasteiger partial charge is 0.469 e. The summed E-state index contributed by atoms with van der Waals surface area (Å²) in [5.41, 5.74) is 0.545. The fourth-order valence-electron chi connectivity index (χ4n) is 1.70. The van der Waals surface area contributed by atoms with Gasteiger partial charge < -0.3 is 14.2 Å². The molecule has 0 saturated heterocycles. The van der Waals surface area contributed by atoms with Crippen LogP contribution in [0.1, 0.15) is 39.9 Å². The molecule has 2 aromatic rings. The third-order valence-corrected chi connectivity index (χ3v) is 4.42. The van der Waals surface area contributed by atoms with Gasteiger partial charge in [0.1, 0.15) is 5.76 Å². The zero-order valence-corrected chi connectivity index (χ0v) is 14.3. The van der Waals surface area contributed by atoms with Crippen LogP contribution < -0.4 is 5.32 Å². The van der Waals surface area contributed by atoms with Crippen molar-refractivity contribution < 1.29 is 13.6 Å². The number of aryl methyl sites for hydroxylation is 1. The molecule has 1 amide bonds. The van der Waals surface area contributed by atoms with Gasteiger partial charge in [0.25, 0.3) is 11.1 Å². The van der Waals surface area contributed by atoms with Gasteiger partial charge in [-0.1, -0.05) is 18.7 Å². The minimum Gasteiger partial charge on any atom is -0.469 e. The van der Waals surface area contributed by atoms with Crippen LogP contribution in [0.5, 0.6) is 0 Å². The second-order valence-corrected chi connectivity index (χ2v) is 7.04. The molecule has 0 radical (unpaired) electrons. The first-order valence-corrected chi connectivity index (χ1v) is 8.07. The summed E-state index contributed by atoms with van der Waals surface area (Å²) in [7, 11) is 0. The Kier molecular flexibility index (Phi) is 4.95. The Labute approximate surface area is 134 Å². The van der Waals surface area contributed by atoms with E-state index in [9.17, 15) is 4.79 Å². The third-order valence-electron chi connectivity index (χ3n) is 3.49. The normalized spacial score (nSPS) is 13.1. The second kappa shape index (κ2) is 6.56. The molecule has 0 aliphatic heterocycles. The molecule has 6 nitrogen and oxygen atoms in total. The van der Waals surface area contributed by atoms with Crippen LogP contribution in [-0.4, -0.2) is 26.9 Å². The standard InChI is InChI=1S/C15H21N3O3S/c1-6-15(4,5)16-12(19)10(3)22-14-18-17-13(21-14)11-7-8-20-9(11)2/h7-8,10H,6H2,1-5H3,(H,16,19). The Balaban J connectivity index is 2.01. The Morgan fingerprint density at radius 2 is 2.18 bits per heavy atom. The molecular weight excluding hydrogens is 302 g/mol. The molecule has 7 heteroatoms. The van der Waals surface area contributed by atoms with Crippen LogP contribution in [0.25, 0.3) is 11.5 Å². The first-order valence-electron chi connectivity index (χ1n) is 7.19.